The van der Waals surface area contributed by atoms with Gasteiger partial charge in [-0.1, -0.05) is 30.3 Å². The van der Waals surface area contributed by atoms with Gasteiger partial charge in [0.2, 0.25) is 0 Å². The standard InChI is InChI=1S/C31H32N4O4/c1-19-16-24-25(17-23(19)30(38)39)34-29(37)26(24)27(20-8-5-4-6-9-20)33-22-12-10-21(11-13-22)28(36)32-18-31(35(2)3)14-7-15-31/h4-6,8-13,16-17,33H,7,14-15,18H2,1-3H3,(H,32,36)(H,34,37)(H,38,39). The molecule has 0 aromatic heterocycles. The largest absolute Gasteiger partial charge is 0.478 e. The number of fused-ring (bicyclic) bond motifs is 1. The van der Waals surface area contributed by atoms with Gasteiger partial charge in [0.15, 0.2) is 0 Å². The number of aromatic carboxylic acids is 1. The lowest BCUT2D eigenvalue weighted by Crippen LogP contribution is -2.57. The Bertz CT molecular complexity index is 1470. The lowest BCUT2D eigenvalue weighted by Gasteiger charge is -2.47. The number of carbonyl (C=O) groups is 3. The summed E-state index contributed by atoms with van der Waals surface area (Å²) in [7, 11) is 4.11. The predicted octanol–water partition coefficient (Wildman–Crippen LogP) is 4.84. The van der Waals surface area contributed by atoms with E-state index in [1.165, 1.54) is 12.5 Å². The number of carbonyl (C=O) groups excluding carboxylic acids is 2. The zero-order valence-electron chi connectivity index (χ0n) is 22.3. The van der Waals surface area contributed by atoms with Crippen molar-refractivity contribution in [1.82, 2.24) is 10.2 Å². The van der Waals surface area contributed by atoms with E-state index in [1.54, 1.807) is 25.1 Å². The van der Waals surface area contributed by atoms with Crippen LogP contribution in [0.5, 0.6) is 0 Å². The molecule has 0 radical (unpaired) electrons. The van der Waals surface area contributed by atoms with E-state index in [-0.39, 0.29) is 22.9 Å². The maximum absolute atomic E-state index is 13.2. The van der Waals surface area contributed by atoms with Gasteiger partial charge in [-0.3, -0.25) is 9.59 Å². The molecule has 4 N–H and O–H groups in total. The van der Waals surface area contributed by atoms with Crippen LogP contribution in [-0.4, -0.2) is 54.0 Å². The quantitative estimate of drug-likeness (QED) is 0.314. The first-order valence-electron chi connectivity index (χ1n) is 13.0. The van der Waals surface area contributed by atoms with Crippen LogP contribution >= 0.6 is 0 Å². The monoisotopic (exact) mass is 524 g/mol. The minimum Gasteiger partial charge on any atom is -0.478 e. The number of aryl methyl sites for hydroxylation is 1. The average molecular weight is 525 g/mol. The molecule has 1 aliphatic heterocycles. The molecule has 39 heavy (non-hydrogen) atoms. The zero-order valence-corrected chi connectivity index (χ0v) is 22.3. The van der Waals surface area contributed by atoms with E-state index in [1.807, 2.05) is 42.5 Å². The lowest BCUT2D eigenvalue weighted by molar-refractivity contribution is -0.110. The van der Waals surface area contributed by atoms with E-state index in [0.29, 0.717) is 45.9 Å². The number of hydrogen-bond acceptors (Lipinski definition) is 5. The van der Waals surface area contributed by atoms with Gasteiger partial charge in [0.1, 0.15) is 0 Å². The van der Waals surface area contributed by atoms with Crippen molar-refractivity contribution >= 4 is 40.4 Å². The molecular weight excluding hydrogens is 492 g/mol. The summed E-state index contributed by atoms with van der Waals surface area (Å²) in [6, 6.07) is 19.9. The third-order valence-corrected chi connectivity index (χ3v) is 7.88. The second-order valence-corrected chi connectivity index (χ2v) is 10.4. The second-order valence-electron chi connectivity index (χ2n) is 10.4. The van der Waals surface area contributed by atoms with Crippen molar-refractivity contribution in [2.75, 3.05) is 31.3 Å². The fraction of sp³-hybridized carbons (Fsp3) is 0.258. The van der Waals surface area contributed by atoms with E-state index in [2.05, 4.69) is 34.9 Å². The number of nitrogens with one attached hydrogen (secondary N) is 3. The maximum Gasteiger partial charge on any atom is 0.336 e. The van der Waals surface area contributed by atoms with Crippen LogP contribution in [0.4, 0.5) is 11.4 Å². The zero-order chi connectivity index (χ0) is 27.7. The third kappa shape index (κ3) is 5.03. The summed E-state index contributed by atoms with van der Waals surface area (Å²) in [5.74, 6) is -1.48. The van der Waals surface area contributed by atoms with Gasteiger partial charge in [-0.25, -0.2) is 4.79 Å². The van der Waals surface area contributed by atoms with Gasteiger partial charge in [0.05, 0.1) is 22.5 Å². The van der Waals surface area contributed by atoms with Crippen molar-refractivity contribution in [3.05, 3.63) is 94.5 Å². The van der Waals surface area contributed by atoms with E-state index in [4.69, 9.17) is 0 Å². The topological polar surface area (TPSA) is 111 Å². The van der Waals surface area contributed by atoms with Crippen molar-refractivity contribution in [3.63, 3.8) is 0 Å². The van der Waals surface area contributed by atoms with Crippen LogP contribution in [0.2, 0.25) is 0 Å². The minimum absolute atomic E-state index is 0.0374. The summed E-state index contributed by atoms with van der Waals surface area (Å²) in [6.45, 7) is 2.33. The molecule has 0 saturated heterocycles. The molecule has 8 heteroatoms. The van der Waals surface area contributed by atoms with Gasteiger partial charge in [0.25, 0.3) is 11.8 Å². The Morgan fingerprint density at radius 2 is 1.69 bits per heavy atom. The summed E-state index contributed by atoms with van der Waals surface area (Å²) in [6.07, 6.45) is 3.33. The molecule has 2 aliphatic rings. The van der Waals surface area contributed by atoms with Crippen LogP contribution < -0.4 is 16.0 Å². The minimum atomic E-state index is -1.04. The molecule has 1 saturated carbocycles. The lowest BCUT2D eigenvalue weighted by atomic mass is 9.75. The van der Waals surface area contributed by atoms with Gasteiger partial charge >= 0.3 is 5.97 Å². The van der Waals surface area contributed by atoms with Crippen LogP contribution in [0.1, 0.15) is 56.7 Å². The number of amides is 2. The van der Waals surface area contributed by atoms with E-state index >= 15 is 0 Å². The Labute approximate surface area is 227 Å². The molecule has 3 aromatic rings. The van der Waals surface area contributed by atoms with E-state index in [9.17, 15) is 19.5 Å². The van der Waals surface area contributed by atoms with Crippen molar-refractivity contribution in [2.24, 2.45) is 0 Å². The summed E-state index contributed by atoms with van der Waals surface area (Å²) in [5.41, 5.74) is 4.92. The molecule has 0 unspecified atom stereocenters. The van der Waals surface area contributed by atoms with Crippen molar-refractivity contribution in [3.8, 4) is 0 Å². The van der Waals surface area contributed by atoms with Crippen LogP contribution in [0.25, 0.3) is 11.3 Å². The van der Waals surface area contributed by atoms with Crippen LogP contribution in [-0.2, 0) is 4.79 Å². The smallest absolute Gasteiger partial charge is 0.336 e. The highest BCUT2D eigenvalue weighted by molar-refractivity contribution is 6.37. The first-order valence-corrected chi connectivity index (χ1v) is 13.0. The predicted molar refractivity (Wildman–Crippen MR) is 153 cm³/mol. The highest BCUT2D eigenvalue weighted by Gasteiger charge is 2.39. The number of benzene rings is 3. The molecule has 3 aromatic carbocycles. The van der Waals surface area contributed by atoms with Crippen molar-refractivity contribution < 1.29 is 19.5 Å². The first kappa shape index (κ1) is 26.2. The Kier molecular flexibility index (Phi) is 6.97. The molecule has 1 heterocycles. The fourth-order valence-electron chi connectivity index (χ4n) is 5.25. The summed E-state index contributed by atoms with van der Waals surface area (Å²) >= 11 is 0. The Morgan fingerprint density at radius 3 is 2.28 bits per heavy atom. The fourth-order valence-corrected chi connectivity index (χ4v) is 5.25. The molecule has 0 spiro atoms. The molecule has 0 atom stereocenters. The molecule has 1 fully saturated rings. The number of rotatable bonds is 8. The number of anilines is 2. The SMILES string of the molecule is Cc1cc2c(cc1C(=O)O)NC(=O)C2=C(Nc1ccc(C(=O)NCC2(N(C)C)CCC2)cc1)c1ccccc1. The summed E-state index contributed by atoms with van der Waals surface area (Å²) < 4.78 is 0. The second kappa shape index (κ2) is 10.4. The van der Waals surface area contributed by atoms with E-state index < -0.39 is 5.97 Å². The van der Waals surface area contributed by atoms with Crippen LogP contribution in [0, 0.1) is 6.92 Å². The van der Waals surface area contributed by atoms with Gasteiger partial charge < -0.3 is 26.0 Å². The summed E-state index contributed by atoms with van der Waals surface area (Å²) in [4.78, 5) is 39.9. The average Bonchev–Trinajstić information content (AvgIpc) is 3.20. The Hall–Kier alpha value is -4.43. The number of likely N-dealkylation sites (N-methyl/N-ethyl adjacent to an activating group) is 1. The van der Waals surface area contributed by atoms with Crippen LogP contribution in [0.15, 0.2) is 66.7 Å². The maximum atomic E-state index is 13.2. The van der Waals surface area contributed by atoms with Gasteiger partial charge in [0, 0.05) is 28.9 Å². The van der Waals surface area contributed by atoms with Crippen LogP contribution in [0.3, 0.4) is 0 Å². The molecule has 1 aliphatic carbocycles. The summed E-state index contributed by atoms with van der Waals surface area (Å²) in [5, 5.41) is 18.8. The Balaban J connectivity index is 1.44. The molecule has 2 amide bonds. The molecule has 5 rings (SSSR count). The molecule has 200 valence electrons. The number of nitrogens with zero attached hydrogens (tertiary/aromatic N) is 1. The highest BCUT2D eigenvalue weighted by atomic mass is 16.4. The highest BCUT2D eigenvalue weighted by Crippen LogP contribution is 2.39. The van der Waals surface area contributed by atoms with Gasteiger partial charge in [-0.2, -0.15) is 0 Å². The van der Waals surface area contributed by atoms with Gasteiger partial charge in [-0.15, -0.1) is 0 Å². The van der Waals surface area contributed by atoms with E-state index in [0.717, 1.165) is 18.4 Å². The van der Waals surface area contributed by atoms with Gasteiger partial charge in [-0.05, 0) is 87.8 Å². The number of carboxylic acids is 1. The van der Waals surface area contributed by atoms with Crippen molar-refractivity contribution in [1.29, 1.82) is 0 Å². The normalized spacial score (nSPS) is 16.7. The Morgan fingerprint density at radius 1 is 1.00 bits per heavy atom. The van der Waals surface area contributed by atoms with Crippen molar-refractivity contribution in [2.45, 2.75) is 31.7 Å². The number of carboxylic acid groups (broad SMARTS) is 1. The third-order valence-electron chi connectivity index (χ3n) is 7.88. The first-order chi connectivity index (χ1) is 18.7. The molecule has 0 bridgehead atoms. The number of hydrogen-bond donors (Lipinski definition) is 4. The molecule has 8 nitrogen and oxygen atoms in total. The molecular formula is C31H32N4O4.